The normalized spacial score (nSPS) is 18.1. The maximum atomic E-state index is 13.0. The highest BCUT2D eigenvalue weighted by Gasteiger charge is 2.48. The Morgan fingerprint density at radius 1 is 1.07 bits per heavy atom. The smallest absolute Gasteiger partial charge is 0.300 e. The lowest BCUT2D eigenvalue weighted by Crippen LogP contribution is -2.29. The van der Waals surface area contributed by atoms with Crippen LogP contribution in [0.1, 0.15) is 28.5 Å². The number of Topliss-reactive ketones (excluding diaryl/α,β-unsaturated/α-hetero) is 1. The minimum absolute atomic E-state index is 0.0129. The van der Waals surface area contributed by atoms with Crippen molar-refractivity contribution in [3.63, 3.8) is 0 Å². The van der Waals surface area contributed by atoms with E-state index in [0.29, 0.717) is 22.8 Å². The molecule has 0 saturated carbocycles. The van der Waals surface area contributed by atoms with Gasteiger partial charge in [0.25, 0.3) is 11.7 Å². The number of furan rings is 1. The van der Waals surface area contributed by atoms with Crippen molar-refractivity contribution >= 4 is 23.1 Å². The molecule has 2 heterocycles. The predicted molar refractivity (Wildman–Crippen MR) is 112 cm³/mol. The van der Waals surface area contributed by atoms with Crippen LogP contribution in [0.4, 0.5) is 5.69 Å². The number of aliphatic hydroxyl groups is 1. The average molecular weight is 403 g/mol. The Morgan fingerprint density at radius 3 is 2.50 bits per heavy atom. The summed E-state index contributed by atoms with van der Waals surface area (Å²) in [4.78, 5) is 27.4. The van der Waals surface area contributed by atoms with E-state index in [4.69, 9.17) is 9.15 Å². The van der Waals surface area contributed by atoms with Crippen molar-refractivity contribution in [2.45, 2.75) is 19.9 Å². The van der Waals surface area contributed by atoms with Crippen LogP contribution < -0.4 is 9.64 Å². The third-order valence-electron chi connectivity index (χ3n) is 5.21. The molecule has 6 nitrogen and oxygen atoms in total. The number of ether oxygens (including phenoxy) is 1. The van der Waals surface area contributed by atoms with Crippen molar-refractivity contribution in [1.82, 2.24) is 0 Å². The van der Waals surface area contributed by atoms with Gasteiger partial charge in [0.05, 0.1) is 18.9 Å². The van der Waals surface area contributed by atoms with Gasteiger partial charge in [-0.25, -0.2) is 0 Å². The highest BCUT2D eigenvalue weighted by molar-refractivity contribution is 6.51. The molecule has 1 atom stereocenters. The van der Waals surface area contributed by atoms with Gasteiger partial charge in [0.15, 0.2) is 0 Å². The molecule has 30 heavy (non-hydrogen) atoms. The third kappa shape index (κ3) is 3.16. The van der Waals surface area contributed by atoms with Crippen LogP contribution in [0.5, 0.6) is 5.75 Å². The monoisotopic (exact) mass is 403 g/mol. The van der Waals surface area contributed by atoms with Crippen LogP contribution in [0.3, 0.4) is 0 Å². The maximum Gasteiger partial charge on any atom is 0.300 e. The van der Waals surface area contributed by atoms with E-state index in [1.165, 1.54) is 11.2 Å². The Bertz CT molecular complexity index is 1160. The zero-order chi connectivity index (χ0) is 21.4. The van der Waals surface area contributed by atoms with E-state index in [1.807, 2.05) is 32.0 Å². The molecule has 152 valence electrons. The second kappa shape index (κ2) is 7.55. The van der Waals surface area contributed by atoms with Gasteiger partial charge < -0.3 is 14.3 Å². The molecule has 1 aliphatic rings. The lowest BCUT2D eigenvalue weighted by molar-refractivity contribution is -0.132. The first-order valence-electron chi connectivity index (χ1n) is 9.48. The Hall–Kier alpha value is -3.80. The minimum Gasteiger partial charge on any atom is -0.507 e. The van der Waals surface area contributed by atoms with Gasteiger partial charge in [-0.2, -0.15) is 0 Å². The topological polar surface area (TPSA) is 80.0 Å². The molecular formula is C24H21NO5. The molecule has 4 rings (SSSR count). The summed E-state index contributed by atoms with van der Waals surface area (Å²) >= 11 is 0. The number of hydrogen-bond acceptors (Lipinski definition) is 5. The maximum absolute atomic E-state index is 13.0. The van der Waals surface area contributed by atoms with Gasteiger partial charge in [0.1, 0.15) is 23.3 Å². The van der Waals surface area contributed by atoms with E-state index in [0.717, 1.165) is 11.1 Å². The van der Waals surface area contributed by atoms with E-state index < -0.39 is 17.7 Å². The van der Waals surface area contributed by atoms with Crippen LogP contribution in [0.25, 0.3) is 5.76 Å². The number of anilines is 1. The van der Waals surface area contributed by atoms with Crippen LogP contribution in [0.2, 0.25) is 0 Å². The van der Waals surface area contributed by atoms with Gasteiger partial charge in [-0.15, -0.1) is 0 Å². The fraction of sp³-hybridized carbons (Fsp3) is 0.167. The Labute approximate surface area is 174 Å². The summed E-state index contributed by atoms with van der Waals surface area (Å²) in [6, 6.07) is 14.9. The highest BCUT2D eigenvalue weighted by Crippen LogP contribution is 2.42. The van der Waals surface area contributed by atoms with Crippen molar-refractivity contribution < 1.29 is 23.8 Å². The van der Waals surface area contributed by atoms with Crippen LogP contribution in [-0.4, -0.2) is 23.9 Å². The number of aliphatic hydroxyl groups excluding tert-OH is 1. The first-order valence-corrected chi connectivity index (χ1v) is 9.48. The van der Waals surface area contributed by atoms with Crippen molar-refractivity contribution in [3.05, 3.63) is 88.9 Å². The van der Waals surface area contributed by atoms with Gasteiger partial charge >= 0.3 is 0 Å². The fourth-order valence-corrected chi connectivity index (χ4v) is 3.77. The average Bonchev–Trinajstić information content (AvgIpc) is 3.34. The number of nitrogens with zero attached hydrogens (tertiary/aromatic N) is 1. The Kier molecular flexibility index (Phi) is 4.91. The molecule has 3 aromatic rings. The number of rotatable bonds is 4. The number of carbonyl (C=O) groups is 2. The molecule has 0 aliphatic carbocycles. The lowest BCUT2D eigenvalue weighted by Gasteiger charge is -2.23. The molecule has 1 fully saturated rings. The minimum atomic E-state index is -0.871. The fourth-order valence-electron chi connectivity index (χ4n) is 3.77. The molecule has 1 aliphatic heterocycles. The molecule has 1 N–H and O–H groups in total. The van der Waals surface area contributed by atoms with E-state index in [9.17, 15) is 14.7 Å². The van der Waals surface area contributed by atoms with Crippen molar-refractivity contribution in [3.8, 4) is 5.75 Å². The quantitative estimate of drug-likeness (QED) is 0.393. The first-order chi connectivity index (χ1) is 14.4. The van der Waals surface area contributed by atoms with E-state index in [-0.39, 0.29) is 11.3 Å². The van der Waals surface area contributed by atoms with Crippen LogP contribution in [0.15, 0.2) is 70.9 Å². The number of aryl methyl sites for hydroxylation is 2. The molecular weight excluding hydrogens is 382 g/mol. The SMILES string of the molecule is COc1ccc(/C(O)=C2/C(=O)C(=O)N(c3cccc(C)c3)C2c2ccco2)cc1C. The summed E-state index contributed by atoms with van der Waals surface area (Å²) in [7, 11) is 1.56. The van der Waals surface area contributed by atoms with Gasteiger partial charge in [-0.05, 0) is 67.4 Å². The number of carbonyl (C=O) groups excluding carboxylic acids is 2. The molecule has 1 unspecified atom stereocenters. The van der Waals surface area contributed by atoms with Gasteiger partial charge in [0.2, 0.25) is 0 Å². The summed E-state index contributed by atoms with van der Waals surface area (Å²) in [6.07, 6.45) is 1.48. The van der Waals surface area contributed by atoms with Gasteiger partial charge in [-0.1, -0.05) is 12.1 Å². The number of hydrogen-bond donors (Lipinski definition) is 1. The van der Waals surface area contributed by atoms with Crippen molar-refractivity contribution in [2.24, 2.45) is 0 Å². The largest absolute Gasteiger partial charge is 0.507 e. The van der Waals surface area contributed by atoms with E-state index >= 15 is 0 Å². The molecule has 2 aromatic carbocycles. The molecule has 0 spiro atoms. The number of amides is 1. The number of benzene rings is 2. The van der Waals surface area contributed by atoms with Crippen LogP contribution in [0, 0.1) is 13.8 Å². The second-order valence-corrected chi connectivity index (χ2v) is 7.21. The molecule has 1 aromatic heterocycles. The zero-order valence-electron chi connectivity index (χ0n) is 16.9. The van der Waals surface area contributed by atoms with Crippen molar-refractivity contribution in [2.75, 3.05) is 12.0 Å². The first kappa shape index (κ1) is 19.5. The Balaban J connectivity index is 1.92. The van der Waals surface area contributed by atoms with Crippen LogP contribution >= 0.6 is 0 Å². The third-order valence-corrected chi connectivity index (χ3v) is 5.21. The molecule has 0 bridgehead atoms. The van der Waals surface area contributed by atoms with E-state index in [2.05, 4.69) is 0 Å². The van der Waals surface area contributed by atoms with E-state index in [1.54, 1.807) is 43.5 Å². The van der Waals surface area contributed by atoms with Gasteiger partial charge in [-0.3, -0.25) is 14.5 Å². The lowest BCUT2D eigenvalue weighted by atomic mass is 9.98. The van der Waals surface area contributed by atoms with Gasteiger partial charge in [0, 0.05) is 11.3 Å². The second-order valence-electron chi connectivity index (χ2n) is 7.21. The molecule has 1 amide bonds. The number of methoxy groups -OCH3 is 1. The molecule has 0 radical (unpaired) electrons. The van der Waals surface area contributed by atoms with Crippen LogP contribution in [-0.2, 0) is 9.59 Å². The summed E-state index contributed by atoms with van der Waals surface area (Å²) < 4.78 is 10.8. The summed E-state index contributed by atoms with van der Waals surface area (Å²) in [5.41, 5.74) is 2.71. The molecule has 1 saturated heterocycles. The predicted octanol–water partition coefficient (Wildman–Crippen LogP) is 4.53. The summed E-state index contributed by atoms with van der Waals surface area (Å²) in [6.45, 7) is 3.74. The Morgan fingerprint density at radius 2 is 1.87 bits per heavy atom. The number of ketones is 1. The molecule has 6 heteroatoms. The van der Waals surface area contributed by atoms with Crippen molar-refractivity contribution in [1.29, 1.82) is 0 Å². The highest BCUT2D eigenvalue weighted by atomic mass is 16.5. The summed E-state index contributed by atoms with van der Waals surface area (Å²) in [5, 5.41) is 11.1. The standard InChI is InChI=1S/C24H21NO5/c1-14-6-4-7-17(12-14)25-21(19-8-5-11-30-19)20(23(27)24(25)28)22(26)16-9-10-18(29-3)15(2)13-16/h4-13,21,26H,1-3H3/b22-20-. The zero-order valence-corrected chi connectivity index (χ0v) is 16.9. The summed E-state index contributed by atoms with van der Waals surface area (Å²) in [5.74, 6) is -0.676.